The maximum atomic E-state index is 12.5. The molecule has 0 unspecified atom stereocenters. The Balaban J connectivity index is 2.15. The number of rotatable bonds is 2. The Bertz CT molecular complexity index is 469. The quantitative estimate of drug-likeness (QED) is 0.612. The van der Waals surface area contributed by atoms with Gasteiger partial charge in [0.15, 0.2) is 0 Å². The van der Waals surface area contributed by atoms with Crippen molar-refractivity contribution in [2.75, 3.05) is 13.2 Å². The molecule has 0 aromatic rings. The van der Waals surface area contributed by atoms with Gasteiger partial charge in [-0.15, -0.1) is 0 Å². The van der Waals surface area contributed by atoms with Gasteiger partial charge in [0.1, 0.15) is 6.04 Å². The zero-order valence-electron chi connectivity index (χ0n) is 13.8. The van der Waals surface area contributed by atoms with Crippen molar-refractivity contribution in [3.05, 3.63) is 0 Å². The Morgan fingerprint density at radius 3 is 2.50 bits per heavy atom. The van der Waals surface area contributed by atoms with Crippen molar-refractivity contribution in [2.24, 2.45) is 11.8 Å². The van der Waals surface area contributed by atoms with Crippen LogP contribution in [0.15, 0.2) is 0 Å². The van der Waals surface area contributed by atoms with Crippen LogP contribution in [0.25, 0.3) is 0 Å². The van der Waals surface area contributed by atoms with Crippen LogP contribution in [0.2, 0.25) is 0 Å². The van der Waals surface area contributed by atoms with Crippen molar-refractivity contribution in [3.8, 4) is 0 Å². The summed E-state index contributed by atoms with van der Waals surface area (Å²) in [5.74, 6) is -1.22. The lowest BCUT2D eigenvalue weighted by atomic mass is 9.94. The minimum Gasteiger partial charge on any atom is -0.464 e. The number of nitrogens with one attached hydrogen (secondary N) is 1. The predicted molar refractivity (Wildman–Crippen MR) is 80.9 cm³/mol. The minimum atomic E-state index is -0.651. The van der Waals surface area contributed by atoms with Crippen LogP contribution in [0.1, 0.15) is 47.0 Å². The number of nitrogens with zero attached hydrogens (tertiary/aromatic N) is 1. The molecule has 1 aliphatic heterocycles. The first-order chi connectivity index (χ1) is 10.2. The minimum absolute atomic E-state index is 0.130. The lowest BCUT2D eigenvalue weighted by Gasteiger charge is -2.27. The second kappa shape index (κ2) is 6.26. The zero-order chi connectivity index (χ0) is 16.5. The molecule has 0 spiro atoms. The van der Waals surface area contributed by atoms with Crippen LogP contribution in [0, 0.1) is 11.8 Å². The number of carbonyl (C=O) groups excluding carboxylic acids is 3. The second-order valence-corrected chi connectivity index (χ2v) is 7.21. The van der Waals surface area contributed by atoms with E-state index in [1.165, 1.54) is 4.90 Å². The van der Waals surface area contributed by atoms with E-state index >= 15 is 0 Å². The van der Waals surface area contributed by atoms with E-state index in [1.54, 1.807) is 6.92 Å². The van der Waals surface area contributed by atoms with Gasteiger partial charge in [0, 0.05) is 12.1 Å². The lowest BCUT2D eigenvalue weighted by Crippen LogP contribution is -2.53. The number of ether oxygens (including phenoxy) is 1. The molecule has 6 heteroatoms. The van der Waals surface area contributed by atoms with E-state index < -0.39 is 23.4 Å². The highest BCUT2D eigenvalue weighted by Gasteiger charge is 2.51. The summed E-state index contributed by atoms with van der Waals surface area (Å²) in [5, 5.41) is 2.67. The third kappa shape index (κ3) is 3.42. The van der Waals surface area contributed by atoms with Crippen LogP contribution in [-0.4, -0.2) is 47.4 Å². The van der Waals surface area contributed by atoms with E-state index in [2.05, 4.69) is 5.32 Å². The summed E-state index contributed by atoms with van der Waals surface area (Å²) in [6, 6.07) is -0.606. The van der Waals surface area contributed by atoms with Gasteiger partial charge in [0.05, 0.1) is 6.61 Å². The molecule has 0 aromatic carbocycles. The number of hydrogen-bond acceptors (Lipinski definition) is 4. The number of likely N-dealkylation sites (tertiary alicyclic amines) is 1. The number of carbonyl (C=O) groups is 3. The Morgan fingerprint density at radius 2 is 1.91 bits per heavy atom. The number of hydrogen-bond donors (Lipinski definition) is 1. The van der Waals surface area contributed by atoms with Gasteiger partial charge in [-0.05, 0) is 52.4 Å². The molecule has 3 atom stereocenters. The summed E-state index contributed by atoms with van der Waals surface area (Å²) in [7, 11) is 0. The Hall–Kier alpha value is -1.59. The average molecular weight is 310 g/mol. The molecule has 2 fully saturated rings. The maximum Gasteiger partial charge on any atom is 0.329 e. The number of fused-ring (bicyclic) bond motifs is 1. The third-order valence-electron chi connectivity index (χ3n) is 4.36. The average Bonchev–Trinajstić information content (AvgIpc) is 2.95. The lowest BCUT2D eigenvalue weighted by molar-refractivity contribution is -0.157. The zero-order valence-corrected chi connectivity index (χ0v) is 13.8. The molecular weight excluding hydrogens is 284 g/mol. The van der Waals surface area contributed by atoms with Crippen LogP contribution >= 0.6 is 0 Å². The van der Waals surface area contributed by atoms with Crippen LogP contribution in [0.4, 0.5) is 0 Å². The molecule has 1 N–H and O–H groups in total. The highest BCUT2D eigenvalue weighted by Crippen LogP contribution is 2.42. The van der Waals surface area contributed by atoms with Crippen LogP contribution in [0.5, 0.6) is 0 Å². The van der Waals surface area contributed by atoms with E-state index in [9.17, 15) is 14.4 Å². The van der Waals surface area contributed by atoms with Gasteiger partial charge < -0.3 is 15.0 Å². The normalized spacial score (nSPS) is 27.5. The molecule has 1 saturated heterocycles. The first kappa shape index (κ1) is 16.8. The van der Waals surface area contributed by atoms with E-state index in [1.807, 2.05) is 20.8 Å². The van der Waals surface area contributed by atoms with E-state index in [-0.39, 0.29) is 18.5 Å². The Kier molecular flexibility index (Phi) is 4.78. The van der Waals surface area contributed by atoms with Gasteiger partial charge in [-0.1, -0.05) is 6.42 Å². The predicted octanol–water partition coefficient (Wildman–Crippen LogP) is 1.09. The number of amides is 2. The molecule has 0 aromatic heterocycles. The fourth-order valence-corrected chi connectivity index (χ4v) is 3.57. The van der Waals surface area contributed by atoms with Gasteiger partial charge in [-0.3, -0.25) is 9.59 Å². The molecule has 0 radical (unpaired) electrons. The summed E-state index contributed by atoms with van der Waals surface area (Å²) in [5.41, 5.74) is -0.484. The summed E-state index contributed by atoms with van der Waals surface area (Å²) < 4.78 is 5.13. The fourth-order valence-electron chi connectivity index (χ4n) is 3.57. The van der Waals surface area contributed by atoms with Crippen molar-refractivity contribution in [3.63, 3.8) is 0 Å². The molecule has 1 aliphatic carbocycles. The summed E-state index contributed by atoms with van der Waals surface area (Å²) >= 11 is 0. The molecule has 22 heavy (non-hydrogen) atoms. The monoisotopic (exact) mass is 310 g/mol. The Morgan fingerprint density at radius 1 is 1.23 bits per heavy atom. The van der Waals surface area contributed by atoms with Gasteiger partial charge in [-0.2, -0.15) is 0 Å². The van der Waals surface area contributed by atoms with E-state index in [0.29, 0.717) is 12.5 Å². The molecule has 2 amide bonds. The summed E-state index contributed by atoms with van der Waals surface area (Å²) in [4.78, 5) is 38.3. The molecule has 1 saturated carbocycles. The number of esters is 1. The maximum absolute atomic E-state index is 12.5. The fraction of sp³-hybridized carbons (Fsp3) is 0.812. The largest absolute Gasteiger partial charge is 0.464 e. The van der Waals surface area contributed by atoms with Crippen molar-refractivity contribution >= 4 is 17.8 Å². The molecule has 2 aliphatic rings. The molecule has 2 rings (SSSR count). The molecule has 124 valence electrons. The van der Waals surface area contributed by atoms with E-state index in [0.717, 1.165) is 19.3 Å². The van der Waals surface area contributed by atoms with Crippen LogP contribution in [-0.2, 0) is 19.1 Å². The highest BCUT2D eigenvalue weighted by atomic mass is 16.5. The second-order valence-electron chi connectivity index (χ2n) is 7.21. The van der Waals surface area contributed by atoms with Crippen LogP contribution in [0.3, 0.4) is 0 Å². The highest BCUT2D eigenvalue weighted by molar-refractivity contribution is 6.35. The topological polar surface area (TPSA) is 75.7 Å². The molecule has 6 nitrogen and oxygen atoms in total. The van der Waals surface area contributed by atoms with Gasteiger partial charge in [-0.25, -0.2) is 4.79 Å². The van der Waals surface area contributed by atoms with Gasteiger partial charge in [0.2, 0.25) is 0 Å². The SMILES string of the molecule is CCOC(=O)[C@@H]1[C@H]2CCC[C@H]2CN1C(=O)C(=O)NC(C)(C)C. The van der Waals surface area contributed by atoms with Crippen molar-refractivity contribution in [1.82, 2.24) is 10.2 Å². The van der Waals surface area contributed by atoms with Crippen molar-refractivity contribution < 1.29 is 19.1 Å². The van der Waals surface area contributed by atoms with Gasteiger partial charge >= 0.3 is 17.8 Å². The van der Waals surface area contributed by atoms with Crippen LogP contribution < -0.4 is 5.32 Å². The van der Waals surface area contributed by atoms with Crippen molar-refractivity contribution in [1.29, 1.82) is 0 Å². The molecular formula is C16H26N2O4. The summed E-state index contributed by atoms with van der Waals surface area (Å²) in [6.45, 7) is 7.96. The smallest absolute Gasteiger partial charge is 0.329 e. The van der Waals surface area contributed by atoms with Crippen molar-refractivity contribution in [2.45, 2.75) is 58.5 Å². The first-order valence-electron chi connectivity index (χ1n) is 8.04. The molecule has 0 bridgehead atoms. The summed E-state index contributed by atoms with van der Waals surface area (Å²) in [6.07, 6.45) is 2.99. The first-order valence-corrected chi connectivity index (χ1v) is 8.04. The van der Waals surface area contributed by atoms with Gasteiger partial charge in [0.25, 0.3) is 0 Å². The third-order valence-corrected chi connectivity index (χ3v) is 4.36. The van der Waals surface area contributed by atoms with E-state index in [4.69, 9.17) is 4.74 Å². The standard InChI is InChI=1S/C16H26N2O4/c1-5-22-15(21)12-11-8-6-7-10(11)9-18(12)14(20)13(19)17-16(2,3)4/h10-12H,5-9H2,1-4H3,(H,17,19)/t10-,11-,12-/m0/s1. The Labute approximate surface area is 131 Å². The molecule has 1 heterocycles.